The van der Waals surface area contributed by atoms with Crippen molar-refractivity contribution in [3.8, 4) is 5.75 Å². The molecule has 11 heteroatoms. The van der Waals surface area contributed by atoms with E-state index >= 15 is 0 Å². The number of hydrazine groups is 1. The van der Waals surface area contributed by atoms with Crippen molar-refractivity contribution < 1.29 is 34.1 Å². The third-order valence-electron chi connectivity index (χ3n) is 4.92. The Bertz CT molecular complexity index is 853. The fourth-order valence-corrected chi connectivity index (χ4v) is 3.38. The van der Waals surface area contributed by atoms with Crippen molar-refractivity contribution in [3.63, 3.8) is 0 Å². The Morgan fingerprint density at radius 2 is 1.91 bits per heavy atom. The molecule has 2 atom stereocenters. The number of hydrogen-bond donors (Lipinski definition) is 3. The van der Waals surface area contributed by atoms with Crippen LogP contribution in [0.5, 0.6) is 5.75 Å². The maximum absolute atomic E-state index is 13.5. The fraction of sp³-hybridized carbons (Fsp3) is 0.571. The van der Waals surface area contributed by atoms with E-state index in [-0.39, 0.29) is 19.6 Å². The van der Waals surface area contributed by atoms with Gasteiger partial charge >= 0.3 is 18.2 Å². The molecule has 2 unspecified atom stereocenters. The van der Waals surface area contributed by atoms with Crippen LogP contribution >= 0.6 is 0 Å². The molecule has 4 amide bonds. The van der Waals surface area contributed by atoms with Gasteiger partial charge in [0.25, 0.3) is 0 Å². The van der Waals surface area contributed by atoms with Gasteiger partial charge in [-0.25, -0.2) is 19.8 Å². The van der Waals surface area contributed by atoms with E-state index in [1.54, 1.807) is 45.9 Å². The lowest BCUT2D eigenvalue weighted by Gasteiger charge is -2.43. The Balaban J connectivity index is 2.39. The molecule has 32 heavy (non-hydrogen) atoms. The van der Waals surface area contributed by atoms with Crippen LogP contribution in [0, 0.1) is 6.92 Å². The number of urea groups is 1. The normalized spacial score (nSPS) is 17.4. The molecule has 0 aliphatic carbocycles. The monoisotopic (exact) mass is 452 g/mol. The molecule has 0 radical (unpaired) electrons. The third kappa shape index (κ3) is 6.16. The Labute approximate surface area is 187 Å². The first-order chi connectivity index (χ1) is 14.8. The van der Waals surface area contributed by atoms with E-state index in [0.717, 1.165) is 15.5 Å². The minimum Gasteiger partial charge on any atom is -0.496 e. The van der Waals surface area contributed by atoms with Crippen LogP contribution in [-0.2, 0) is 4.74 Å². The number of piperazine rings is 1. The zero-order valence-electron chi connectivity index (χ0n) is 19.3. The summed E-state index contributed by atoms with van der Waals surface area (Å²) < 4.78 is 10.6. The van der Waals surface area contributed by atoms with Crippen molar-refractivity contribution in [2.24, 2.45) is 0 Å². The van der Waals surface area contributed by atoms with Crippen molar-refractivity contribution in [2.75, 3.05) is 31.8 Å². The number of anilines is 1. The van der Waals surface area contributed by atoms with Crippen LogP contribution in [0.25, 0.3) is 0 Å². The SMILES string of the molecule is COc1ccc(N(NC(=O)OC(C)(C)C)C(=O)N2CCN(C(=O)O)CC2C(C)O)cc1C. The minimum atomic E-state index is -1.13. The van der Waals surface area contributed by atoms with Gasteiger partial charge in [-0.3, -0.25) is 0 Å². The van der Waals surface area contributed by atoms with E-state index in [0.29, 0.717) is 11.4 Å². The second-order valence-electron chi connectivity index (χ2n) is 8.62. The third-order valence-corrected chi connectivity index (χ3v) is 4.92. The van der Waals surface area contributed by atoms with Gasteiger partial charge in [-0.05, 0) is 58.4 Å². The highest BCUT2D eigenvalue weighted by atomic mass is 16.6. The highest BCUT2D eigenvalue weighted by molar-refractivity contribution is 5.94. The molecule has 11 nitrogen and oxygen atoms in total. The van der Waals surface area contributed by atoms with Crippen LogP contribution in [0.3, 0.4) is 0 Å². The van der Waals surface area contributed by atoms with Crippen LogP contribution in [0.1, 0.15) is 33.3 Å². The van der Waals surface area contributed by atoms with Crippen molar-refractivity contribution in [3.05, 3.63) is 23.8 Å². The summed E-state index contributed by atoms with van der Waals surface area (Å²) >= 11 is 0. The first-order valence-electron chi connectivity index (χ1n) is 10.2. The fourth-order valence-electron chi connectivity index (χ4n) is 3.38. The molecular weight excluding hydrogens is 420 g/mol. The van der Waals surface area contributed by atoms with E-state index in [1.165, 1.54) is 18.9 Å². The summed E-state index contributed by atoms with van der Waals surface area (Å²) in [7, 11) is 1.53. The molecule has 1 aromatic rings. The number of aliphatic hydroxyl groups is 1. The Hall–Kier alpha value is -3.21. The average Bonchev–Trinajstić information content (AvgIpc) is 2.69. The number of carboxylic acid groups (broad SMARTS) is 1. The average molecular weight is 453 g/mol. The maximum atomic E-state index is 13.5. The van der Waals surface area contributed by atoms with Gasteiger partial charge in [0, 0.05) is 19.6 Å². The number of carbonyl (C=O) groups is 3. The van der Waals surface area contributed by atoms with Crippen LogP contribution < -0.4 is 15.2 Å². The van der Waals surface area contributed by atoms with Gasteiger partial charge in [-0.1, -0.05) is 0 Å². The molecule has 1 aliphatic heterocycles. The largest absolute Gasteiger partial charge is 0.496 e. The Morgan fingerprint density at radius 1 is 1.25 bits per heavy atom. The summed E-state index contributed by atoms with van der Waals surface area (Å²) in [4.78, 5) is 39.9. The Kier molecular flexibility index (Phi) is 7.78. The summed E-state index contributed by atoms with van der Waals surface area (Å²) in [6.07, 6.45) is -2.96. The highest BCUT2D eigenvalue weighted by Gasteiger charge is 2.38. The number of nitrogens with one attached hydrogen (secondary N) is 1. The summed E-state index contributed by atoms with van der Waals surface area (Å²) in [5.74, 6) is 0.607. The summed E-state index contributed by atoms with van der Waals surface area (Å²) in [5, 5.41) is 20.6. The number of ether oxygens (including phenoxy) is 2. The molecule has 0 bridgehead atoms. The van der Waals surface area contributed by atoms with Gasteiger partial charge in [-0.2, -0.15) is 5.01 Å². The number of rotatable bonds is 3. The molecule has 2 rings (SSSR count). The topological polar surface area (TPSA) is 132 Å². The van der Waals surface area contributed by atoms with Crippen LogP contribution in [0.2, 0.25) is 0 Å². The zero-order valence-corrected chi connectivity index (χ0v) is 19.3. The summed E-state index contributed by atoms with van der Waals surface area (Å²) in [6, 6.07) is 3.51. The molecule has 1 heterocycles. The second kappa shape index (κ2) is 9.94. The van der Waals surface area contributed by atoms with Gasteiger partial charge in [0.15, 0.2) is 0 Å². The predicted molar refractivity (Wildman–Crippen MR) is 117 cm³/mol. The van der Waals surface area contributed by atoms with E-state index in [1.807, 2.05) is 0 Å². The Morgan fingerprint density at radius 3 is 2.41 bits per heavy atom. The highest BCUT2D eigenvalue weighted by Crippen LogP contribution is 2.26. The van der Waals surface area contributed by atoms with E-state index in [9.17, 15) is 24.6 Å². The lowest BCUT2D eigenvalue weighted by molar-refractivity contribution is 0.0247. The lowest BCUT2D eigenvalue weighted by Crippen LogP contribution is -2.64. The maximum Gasteiger partial charge on any atom is 0.427 e. The van der Waals surface area contributed by atoms with Crippen LogP contribution in [0.4, 0.5) is 20.1 Å². The van der Waals surface area contributed by atoms with Gasteiger partial charge in [-0.15, -0.1) is 0 Å². The van der Waals surface area contributed by atoms with Crippen LogP contribution in [-0.4, -0.2) is 82.7 Å². The quantitative estimate of drug-likeness (QED) is 0.600. The predicted octanol–water partition coefficient (Wildman–Crippen LogP) is 2.41. The zero-order chi connectivity index (χ0) is 24.2. The summed E-state index contributed by atoms with van der Waals surface area (Å²) in [6.45, 7) is 8.44. The van der Waals surface area contributed by atoms with Crippen LogP contribution in [0.15, 0.2) is 18.2 Å². The van der Waals surface area contributed by atoms with Crippen molar-refractivity contribution in [1.82, 2.24) is 15.2 Å². The number of aliphatic hydroxyl groups excluding tert-OH is 1. The van der Waals surface area contributed by atoms with Crippen molar-refractivity contribution in [2.45, 2.75) is 52.4 Å². The summed E-state index contributed by atoms with van der Waals surface area (Å²) in [5.41, 5.74) is 2.77. The van der Waals surface area contributed by atoms with Gasteiger partial charge in [0.1, 0.15) is 11.4 Å². The number of amides is 4. The molecule has 1 aromatic carbocycles. The molecule has 0 spiro atoms. The molecule has 0 saturated carbocycles. The van der Waals surface area contributed by atoms with E-state index in [2.05, 4.69) is 5.43 Å². The molecule has 178 valence electrons. The standard InChI is InChI=1S/C21H32N4O7/c1-13-11-15(7-8-17(13)31-6)25(22-18(27)32-21(3,4)5)19(28)24-10-9-23(20(29)30)12-16(24)14(2)26/h7-8,11,14,16,26H,9-10,12H2,1-6H3,(H,22,27)(H,29,30). The van der Waals surface area contributed by atoms with Gasteiger partial charge in [0.05, 0.1) is 24.9 Å². The molecule has 1 fully saturated rings. The molecule has 3 N–H and O–H groups in total. The van der Waals surface area contributed by atoms with Gasteiger partial charge < -0.3 is 29.5 Å². The smallest absolute Gasteiger partial charge is 0.427 e. The number of carbonyl (C=O) groups excluding carboxylic acids is 2. The lowest BCUT2D eigenvalue weighted by atomic mass is 10.1. The van der Waals surface area contributed by atoms with Crippen molar-refractivity contribution >= 4 is 23.9 Å². The molecule has 1 saturated heterocycles. The molecule has 1 aliphatic rings. The van der Waals surface area contributed by atoms with E-state index in [4.69, 9.17) is 9.47 Å². The first-order valence-corrected chi connectivity index (χ1v) is 10.2. The second-order valence-corrected chi connectivity index (χ2v) is 8.62. The number of benzene rings is 1. The first kappa shape index (κ1) is 25.1. The van der Waals surface area contributed by atoms with E-state index < -0.39 is 36.0 Å². The number of hydrogen-bond acceptors (Lipinski definition) is 6. The van der Waals surface area contributed by atoms with Gasteiger partial charge in [0.2, 0.25) is 0 Å². The number of nitrogens with zero attached hydrogens (tertiary/aromatic N) is 3. The number of methoxy groups -OCH3 is 1. The number of aryl methyl sites for hydroxylation is 1. The molecule has 0 aromatic heterocycles. The molecular formula is C21H32N4O7. The van der Waals surface area contributed by atoms with Crippen molar-refractivity contribution in [1.29, 1.82) is 0 Å². The minimum absolute atomic E-state index is 0.0440.